The molecule has 27 heavy (non-hydrogen) atoms. The quantitative estimate of drug-likeness (QED) is 0.684. The topological polar surface area (TPSA) is 69.5 Å². The molecule has 0 bridgehead atoms. The van der Waals surface area contributed by atoms with Gasteiger partial charge in [0.15, 0.2) is 11.0 Å². The maximum Gasteiger partial charge on any atom is 0.233 e. The van der Waals surface area contributed by atoms with Crippen LogP contribution in [-0.2, 0) is 20.8 Å². The number of carbonyl (C=O) groups is 1. The summed E-state index contributed by atoms with van der Waals surface area (Å²) in [5.41, 5.74) is 0. The zero-order valence-electron chi connectivity index (χ0n) is 15.4. The molecule has 0 radical (unpaired) electrons. The van der Waals surface area contributed by atoms with Crippen LogP contribution in [0.2, 0.25) is 0 Å². The summed E-state index contributed by atoms with van der Waals surface area (Å²) < 4.78 is 13.4. The first kappa shape index (κ1) is 18.9. The van der Waals surface area contributed by atoms with Gasteiger partial charge in [-0.3, -0.25) is 9.36 Å². The highest BCUT2D eigenvalue weighted by molar-refractivity contribution is 7.99. The second kappa shape index (κ2) is 8.72. The molecule has 2 aliphatic rings. The largest absolute Gasteiger partial charge is 0.376 e. The molecule has 0 saturated carbocycles. The number of rotatable bonds is 6. The fraction of sp³-hybridized carbons (Fsp3) is 0.611. The molecule has 2 unspecified atom stereocenters. The number of aromatic nitrogens is 3. The normalized spacial score (nSPS) is 23.1. The van der Waals surface area contributed by atoms with Crippen molar-refractivity contribution in [3.05, 3.63) is 17.5 Å². The van der Waals surface area contributed by atoms with Gasteiger partial charge in [-0.15, -0.1) is 21.5 Å². The third-order valence-electron chi connectivity index (χ3n) is 4.79. The van der Waals surface area contributed by atoms with Gasteiger partial charge in [0.05, 0.1) is 36.0 Å². The molecule has 0 aromatic carbocycles. The number of thioether (sulfide) groups is 1. The lowest BCUT2D eigenvalue weighted by Crippen LogP contribution is -2.45. The maximum absolute atomic E-state index is 12.6. The molecule has 0 aliphatic carbocycles. The van der Waals surface area contributed by atoms with Crippen molar-refractivity contribution < 1.29 is 14.3 Å². The average Bonchev–Trinajstić information content (AvgIpc) is 3.42. The van der Waals surface area contributed by atoms with Gasteiger partial charge in [0.2, 0.25) is 5.91 Å². The van der Waals surface area contributed by atoms with Gasteiger partial charge in [-0.2, -0.15) is 0 Å². The molecule has 7 nitrogen and oxygen atoms in total. The van der Waals surface area contributed by atoms with E-state index in [0.29, 0.717) is 25.4 Å². The van der Waals surface area contributed by atoms with Crippen molar-refractivity contribution in [3.63, 3.8) is 0 Å². The minimum Gasteiger partial charge on any atom is -0.376 e. The van der Waals surface area contributed by atoms with Crippen molar-refractivity contribution in [2.45, 2.75) is 43.7 Å². The van der Waals surface area contributed by atoms with Gasteiger partial charge < -0.3 is 14.4 Å². The first-order valence-corrected chi connectivity index (χ1v) is 11.2. The summed E-state index contributed by atoms with van der Waals surface area (Å²) in [5, 5.41) is 11.6. The van der Waals surface area contributed by atoms with E-state index in [1.54, 1.807) is 11.3 Å². The van der Waals surface area contributed by atoms with Crippen LogP contribution in [0.5, 0.6) is 0 Å². The van der Waals surface area contributed by atoms with Crippen molar-refractivity contribution in [1.82, 2.24) is 19.7 Å². The van der Waals surface area contributed by atoms with Crippen molar-refractivity contribution in [2.75, 3.05) is 32.1 Å². The molecule has 2 aromatic heterocycles. The highest BCUT2D eigenvalue weighted by Gasteiger charge is 2.25. The fourth-order valence-electron chi connectivity index (χ4n) is 3.40. The van der Waals surface area contributed by atoms with Gasteiger partial charge in [0, 0.05) is 19.7 Å². The van der Waals surface area contributed by atoms with Gasteiger partial charge >= 0.3 is 0 Å². The maximum atomic E-state index is 12.6. The number of hydrogen-bond donors (Lipinski definition) is 0. The third-order valence-corrected chi connectivity index (χ3v) is 6.60. The molecular formula is C18H24N4O3S2. The summed E-state index contributed by atoms with van der Waals surface area (Å²) in [6.07, 6.45) is 2.44. The molecule has 1 amide bonds. The highest BCUT2D eigenvalue weighted by atomic mass is 32.2. The average molecular weight is 409 g/mol. The van der Waals surface area contributed by atoms with E-state index in [-0.39, 0.29) is 18.1 Å². The van der Waals surface area contributed by atoms with E-state index in [0.717, 1.165) is 41.9 Å². The number of carbonyl (C=O) groups excluding carboxylic acids is 1. The molecule has 146 valence electrons. The Labute approximate surface area is 167 Å². The van der Waals surface area contributed by atoms with Crippen LogP contribution in [0, 0.1) is 0 Å². The van der Waals surface area contributed by atoms with E-state index in [1.807, 2.05) is 23.3 Å². The lowest BCUT2D eigenvalue weighted by Gasteiger charge is -2.31. The predicted molar refractivity (Wildman–Crippen MR) is 105 cm³/mol. The van der Waals surface area contributed by atoms with Gasteiger partial charge in [0.25, 0.3) is 0 Å². The fourth-order valence-corrected chi connectivity index (χ4v) is 4.97. The monoisotopic (exact) mass is 408 g/mol. The summed E-state index contributed by atoms with van der Waals surface area (Å²) in [5.74, 6) is 1.34. The van der Waals surface area contributed by atoms with Crippen LogP contribution in [0.15, 0.2) is 22.7 Å². The van der Waals surface area contributed by atoms with E-state index in [1.165, 1.54) is 11.8 Å². The van der Waals surface area contributed by atoms with E-state index < -0.39 is 0 Å². The lowest BCUT2D eigenvalue weighted by atomic mass is 10.2. The summed E-state index contributed by atoms with van der Waals surface area (Å²) in [7, 11) is 0. The van der Waals surface area contributed by atoms with E-state index in [2.05, 4.69) is 20.8 Å². The van der Waals surface area contributed by atoms with Crippen LogP contribution in [-0.4, -0.2) is 69.8 Å². The smallest absolute Gasteiger partial charge is 0.233 e. The molecule has 4 heterocycles. The number of amides is 1. The second-order valence-electron chi connectivity index (χ2n) is 6.84. The minimum absolute atomic E-state index is 0.0984. The zero-order chi connectivity index (χ0) is 18.6. The number of ether oxygens (including phenoxy) is 2. The molecule has 2 atom stereocenters. The number of nitrogens with zero attached hydrogens (tertiary/aromatic N) is 4. The van der Waals surface area contributed by atoms with Gasteiger partial charge in [-0.05, 0) is 31.2 Å². The number of hydrogen-bond acceptors (Lipinski definition) is 7. The molecule has 2 aromatic rings. The predicted octanol–water partition coefficient (Wildman–Crippen LogP) is 2.53. The highest BCUT2D eigenvalue weighted by Crippen LogP contribution is 2.29. The number of thiophene rings is 1. The molecular weight excluding hydrogens is 384 g/mol. The Morgan fingerprint density at radius 2 is 2.30 bits per heavy atom. The van der Waals surface area contributed by atoms with Gasteiger partial charge in [-0.25, -0.2) is 0 Å². The van der Waals surface area contributed by atoms with Crippen LogP contribution < -0.4 is 0 Å². The SMILES string of the molecule is CC1CN(C(=O)CSc2nnc(-c3cccs3)n2CC2CCCO2)CCO1. The van der Waals surface area contributed by atoms with E-state index in [9.17, 15) is 4.79 Å². The molecule has 9 heteroatoms. The van der Waals surface area contributed by atoms with Crippen LogP contribution in [0.3, 0.4) is 0 Å². The summed E-state index contributed by atoms with van der Waals surface area (Å²) >= 11 is 3.10. The molecule has 0 N–H and O–H groups in total. The van der Waals surface area contributed by atoms with Crippen LogP contribution in [0.4, 0.5) is 0 Å². The van der Waals surface area contributed by atoms with Gasteiger partial charge in [0.1, 0.15) is 0 Å². The third kappa shape index (κ3) is 4.53. The summed E-state index contributed by atoms with van der Waals surface area (Å²) in [6.45, 7) is 5.46. The molecule has 2 saturated heterocycles. The second-order valence-corrected chi connectivity index (χ2v) is 8.73. The molecule has 4 rings (SSSR count). The van der Waals surface area contributed by atoms with Crippen molar-refractivity contribution >= 4 is 29.0 Å². The Morgan fingerprint density at radius 1 is 1.37 bits per heavy atom. The summed E-state index contributed by atoms with van der Waals surface area (Å²) in [6, 6.07) is 4.07. The van der Waals surface area contributed by atoms with Crippen LogP contribution in [0.25, 0.3) is 10.7 Å². The lowest BCUT2D eigenvalue weighted by molar-refractivity contribution is -0.135. The Balaban J connectivity index is 1.47. The standard InChI is InChI=1S/C18H24N4O3S2/c1-13-10-21(6-8-24-13)16(23)12-27-18-20-19-17(15-5-3-9-26-15)22(18)11-14-4-2-7-25-14/h3,5,9,13-14H,2,4,6-8,10-12H2,1H3. The van der Waals surface area contributed by atoms with E-state index in [4.69, 9.17) is 9.47 Å². The Kier molecular flexibility index (Phi) is 6.11. The number of morpholine rings is 1. The van der Waals surface area contributed by atoms with Crippen molar-refractivity contribution in [2.24, 2.45) is 0 Å². The Bertz CT molecular complexity index is 759. The minimum atomic E-state index is 0.0984. The van der Waals surface area contributed by atoms with Gasteiger partial charge in [-0.1, -0.05) is 17.8 Å². The Morgan fingerprint density at radius 3 is 3.04 bits per heavy atom. The van der Waals surface area contributed by atoms with Crippen molar-refractivity contribution in [1.29, 1.82) is 0 Å². The van der Waals surface area contributed by atoms with Crippen LogP contribution in [0.1, 0.15) is 19.8 Å². The molecule has 2 aliphatic heterocycles. The van der Waals surface area contributed by atoms with E-state index >= 15 is 0 Å². The van der Waals surface area contributed by atoms with Crippen molar-refractivity contribution in [3.8, 4) is 10.7 Å². The molecule has 2 fully saturated rings. The summed E-state index contributed by atoms with van der Waals surface area (Å²) in [4.78, 5) is 15.5. The van der Waals surface area contributed by atoms with Crippen LogP contribution >= 0.6 is 23.1 Å². The molecule has 0 spiro atoms. The first-order valence-electron chi connectivity index (χ1n) is 9.31. The Hall–Kier alpha value is -1.42. The first-order chi connectivity index (χ1) is 13.2. The zero-order valence-corrected chi connectivity index (χ0v) is 17.0.